The molecule has 1 aromatic carbocycles. The Labute approximate surface area is 144 Å². The van der Waals surface area contributed by atoms with Crippen molar-refractivity contribution < 1.29 is 8.78 Å². The monoisotopic (exact) mass is 341 g/mol. The number of aromatic nitrogens is 4. The van der Waals surface area contributed by atoms with Crippen molar-refractivity contribution in [2.24, 2.45) is 0 Å². The van der Waals surface area contributed by atoms with Crippen LogP contribution in [0.2, 0.25) is 0 Å². The van der Waals surface area contributed by atoms with Crippen molar-refractivity contribution in [3.63, 3.8) is 0 Å². The summed E-state index contributed by atoms with van der Waals surface area (Å²) in [6, 6.07) is 9.31. The molecule has 0 bridgehead atoms. The molecule has 7 heteroatoms. The van der Waals surface area contributed by atoms with Crippen LogP contribution in [-0.4, -0.2) is 32.8 Å². The van der Waals surface area contributed by atoms with Gasteiger partial charge < -0.3 is 4.90 Å². The molecule has 0 saturated carbocycles. The highest BCUT2D eigenvalue weighted by molar-refractivity contribution is 5.40. The van der Waals surface area contributed by atoms with Gasteiger partial charge in [0.1, 0.15) is 29.5 Å². The van der Waals surface area contributed by atoms with E-state index in [4.69, 9.17) is 0 Å². The Bertz CT molecular complexity index is 865. The van der Waals surface area contributed by atoms with Crippen molar-refractivity contribution in [2.45, 2.75) is 18.8 Å². The molecule has 0 radical (unpaired) electrons. The van der Waals surface area contributed by atoms with E-state index in [1.165, 1.54) is 23.1 Å². The first kappa shape index (κ1) is 15.7. The molecule has 1 saturated heterocycles. The van der Waals surface area contributed by atoms with E-state index in [-0.39, 0.29) is 11.6 Å². The molecule has 1 fully saturated rings. The maximum absolute atomic E-state index is 14.2. The number of nitrogens with zero attached hydrogens (tertiary/aromatic N) is 5. The fourth-order valence-corrected chi connectivity index (χ4v) is 3.30. The van der Waals surface area contributed by atoms with Gasteiger partial charge in [0.05, 0.1) is 0 Å². The minimum Gasteiger partial charge on any atom is -0.356 e. The molecule has 0 amide bonds. The van der Waals surface area contributed by atoms with E-state index < -0.39 is 11.6 Å². The van der Waals surface area contributed by atoms with E-state index in [0.717, 1.165) is 37.8 Å². The lowest BCUT2D eigenvalue weighted by Crippen LogP contribution is -2.35. The first-order valence-corrected chi connectivity index (χ1v) is 8.23. The summed E-state index contributed by atoms with van der Waals surface area (Å²) in [5.74, 6) is 0.450. The summed E-state index contributed by atoms with van der Waals surface area (Å²) in [6.45, 7) is 1.66. The molecule has 5 nitrogen and oxygen atoms in total. The molecule has 4 rings (SSSR count). The molecule has 128 valence electrons. The summed E-state index contributed by atoms with van der Waals surface area (Å²) >= 11 is 0. The van der Waals surface area contributed by atoms with Gasteiger partial charge in [0.25, 0.3) is 0 Å². The fourth-order valence-electron chi connectivity index (χ4n) is 3.30. The van der Waals surface area contributed by atoms with Crippen LogP contribution >= 0.6 is 0 Å². The van der Waals surface area contributed by atoms with Gasteiger partial charge in [-0.25, -0.2) is 23.4 Å². The number of hydrogen-bond donors (Lipinski definition) is 0. The van der Waals surface area contributed by atoms with Crippen molar-refractivity contribution in [3.8, 4) is 5.69 Å². The standard InChI is InChI=1S/C18H17F2N5/c19-14-6-7-16(15(20)10-14)25-18(22-12-23-25)13-4-3-9-24(11-13)17-5-1-2-8-21-17/h1-2,5-8,10,12-13H,3-4,9,11H2/t13-/m1/s1. The first-order valence-electron chi connectivity index (χ1n) is 8.23. The van der Waals surface area contributed by atoms with Gasteiger partial charge in [0.2, 0.25) is 0 Å². The molecular weight excluding hydrogens is 324 g/mol. The van der Waals surface area contributed by atoms with Crippen LogP contribution in [0.15, 0.2) is 48.9 Å². The Hall–Kier alpha value is -2.83. The third-order valence-corrected chi connectivity index (χ3v) is 4.47. The molecule has 25 heavy (non-hydrogen) atoms. The molecule has 2 aromatic heterocycles. The summed E-state index contributed by atoms with van der Waals surface area (Å²) in [5, 5.41) is 4.16. The number of anilines is 1. The molecular formula is C18H17F2N5. The third kappa shape index (κ3) is 3.09. The Kier molecular flexibility index (Phi) is 4.13. The van der Waals surface area contributed by atoms with E-state index in [2.05, 4.69) is 20.0 Å². The number of halogens is 2. The molecule has 3 heterocycles. The van der Waals surface area contributed by atoms with Crippen LogP contribution in [-0.2, 0) is 0 Å². The molecule has 0 spiro atoms. The second-order valence-corrected chi connectivity index (χ2v) is 6.10. The van der Waals surface area contributed by atoms with Crippen molar-refractivity contribution in [1.29, 1.82) is 0 Å². The van der Waals surface area contributed by atoms with Gasteiger partial charge in [0.15, 0.2) is 5.82 Å². The first-order chi connectivity index (χ1) is 12.2. The number of piperidine rings is 1. The highest BCUT2D eigenvalue weighted by Crippen LogP contribution is 2.29. The zero-order valence-corrected chi connectivity index (χ0v) is 13.5. The van der Waals surface area contributed by atoms with Crippen molar-refractivity contribution in [3.05, 3.63) is 66.4 Å². The minimum atomic E-state index is -0.649. The van der Waals surface area contributed by atoms with Crippen LogP contribution in [0.25, 0.3) is 5.69 Å². The van der Waals surface area contributed by atoms with E-state index in [1.54, 1.807) is 6.20 Å². The smallest absolute Gasteiger partial charge is 0.151 e. The molecule has 3 aromatic rings. The molecule has 0 aliphatic carbocycles. The van der Waals surface area contributed by atoms with E-state index in [0.29, 0.717) is 5.82 Å². The maximum Gasteiger partial charge on any atom is 0.151 e. The van der Waals surface area contributed by atoms with Crippen LogP contribution in [0.1, 0.15) is 24.6 Å². The lowest BCUT2D eigenvalue weighted by Gasteiger charge is -2.33. The average Bonchev–Trinajstić information content (AvgIpc) is 3.12. The second-order valence-electron chi connectivity index (χ2n) is 6.10. The van der Waals surface area contributed by atoms with Gasteiger partial charge in [0, 0.05) is 31.3 Å². The van der Waals surface area contributed by atoms with Crippen molar-refractivity contribution in [1.82, 2.24) is 19.7 Å². The van der Waals surface area contributed by atoms with Gasteiger partial charge in [-0.05, 0) is 37.1 Å². The SMILES string of the molecule is Fc1ccc(-n2ncnc2[C@@H]2CCCN(c3ccccn3)C2)c(F)c1. The lowest BCUT2D eigenvalue weighted by molar-refractivity contribution is 0.477. The summed E-state index contributed by atoms with van der Waals surface area (Å²) in [4.78, 5) is 11.0. The second kappa shape index (κ2) is 6.58. The molecule has 1 aliphatic rings. The number of rotatable bonds is 3. The number of benzene rings is 1. The summed E-state index contributed by atoms with van der Waals surface area (Å²) in [5.41, 5.74) is 0.212. The van der Waals surface area contributed by atoms with Crippen molar-refractivity contribution in [2.75, 3.05) is 18.0 Å². The predicted octanol–water partition coefficient (Wildman–Crippen LogP) is 3.32. The Morgan fingerprint density at radius 3 is 2.80 bits per heavy atom. The predicted molar refractivity (Wildman–Crippen MR) is 89.7 cm³/mol. The zero-order valence-electron chi connectivity index (χ0n) is 13.5. The Morgan fingerprint density at radius 2 is 2.00 bits per heavy atom. The topological polar surface area (TPSA) is 46.8 Å². The highest BCUT2D eigenvalue weighted by Gasteiger charge is 2.27. The van der Waals surface area contributed by atoms with E-state index in [9.17, 15) is 8.78 Å². The van der Waals surface area contributed by atoms with Gasteiger partial charge >= 0.3 is 0 Å². The Morgan fingerprint density at radius 1 is 1.08 bits per heavy atom. The normalized spacial score (nSPS) is 17.7. The lowest BCUT2D eigenvalue weighted by atomic mass is 9.97. The minimum absolute atomic E-state index is 0.0997. The number of pyridine rings is 1. The summed E-state index contributed by atoms with van der Waals surface area (Å²) < 4.78 is 28.8. The quantitative estimate of drug-likeness (QED) is 0.733. The van der Waals surface area contributed by atoms with Gasteiger partial charge in [-0.1, -0.05) is 6.07 Å². The van der Waals surface area contributed by atoms with Gasteiger partial charge in [-0.15, -0.1) is 0 Å². The Balaban J connectivity index is 1.63. The van der Waals surface area contributed by atoms with Crippen LogP contribution in [0.4, 0.5) is 14.6 Å². The van der Waals surface area contributed by atoms with Gasteiger partial charge in [-0.2, -0.15) is 5.10 Å². The molecule has 1 aliphatic heterocycles. The summed E-state index contributed by atoms with van der Waals surface area (Å²) in [7, 11) is 0. The molecule has 0 unspecified atom stereocenters. The van der Waals surface area contributed by atoms with Crippen LogP contribution in [0.5, 0.6) is 0 Å². The summed E-state index contributed by atoms with van der Waals surface area (Å²) in [6.07, 6.45) is 5.11. The zero-order chi connectivity index (χ0) is 17.2. The highest BCUT2D eigenvalue weighted by atomic mass is 19.1. The maximum atomic E-state index is 14.2. The number of hydrogen-bond acceptors (Lipinski definition) is 4. The average molecular weight is 341 g/mol. The van der Waals surface area contributed by atoms with Gasteiger partial charge in [-0.3, -0.25) is 0 Å². The third-order valence-electron chi connectivity index (χ3n) is 4.47. The van der Waals surface area contributed by atoms with Crippen LogP contribution < -0.4 is 4.90 Å². The molecule has 1 atom stereocenters. The van der Waals surface area contributed by atoms with E-state index >= 15 is 0 Å². The van der Waals surface area contributed by atoms with Crippen LogP contribution in [0.3, 0.4) is 0 Å². The largest absolute Gasteiger partial charge is 0.356 e. The van der Waals surface area contributed by atoms with E-state index in [1.807, 2.05) is 18.2 Å². The fraction of sp³-hybridized carbons (Fsp3) is 0.278. The molecule has 0 N–H and O–H groups in total. The van der Waals surface area contributed by atoms with Crippen LogP contribution in [0, 0.1) is 11.6 Å². The van der Waals surface area contributed by atoms with Crippen molar-refractivity contribution >= 4 is 5.82 Å².